The fraction of sp³-hybridized carbons (Fsp3) is 0.800. The zero-order valence-corrected chi connectivity index (χ0v) is 9.30. The molecule has 0 aliphatic heterocycles. The first-order chi connectivity index (χ1) is 6.81. The Labute approximate surface area is 90.6 Å². The van der Waals surface area contributed by atoms with Crippen molar-refractivity contribution in [3.8, 4) is 0 Å². The first-order valence-electron chi connectivity index (χ1n) is 5.01. The number of rotatable bonds is 9. The molecule has 0 spiro atoms. The number of unbranched alkanes of at least 4 members (excludes halogenated alkanes) is 5. The fourth-order valence-corrected chi connectivity index (χ4v) is 1.18. The van der Waals surface area contributed by atoms with Gasteiger partial charge in [0.1, 0.15) is 6.29 Å². The zero-order chi connectivity index (χ0) is 10.6. The molecule has 0 aromatic heterocycles. The standard InChI is InChI=1S/C10H18O3S/c11-7-5-3-1-2-4-6-8-13-10(12)9-14/h7,14H,1-6,8-9H2. The van der Waals surface area contributed by atoms with Gasteiger partial charge in [-0.05, 0) is 12.8 Å². The number of ether oxygens (including phenoxy) is 1. The Hall–Kier alpha value is -0.510. The number of aldehydes is 1. The number of hydrogen-bond acceptors (Lipinski definition) is 4. The second kappa shape index (κ2) is 10.6. The minimum Gasteiger partial charge on any atom is -0.465 e. The van der Waals surface area contributed by atoms with Crippen LogP contribution >= 0.6 is 12.6 Å². The van der Waals surface area contributed by atoms with Gasteiger partial charge in [-0.1, -0.05) is 19.3 Å². The van der Waals surface area contributed by atoms with Gasteiger partial charge in [0.15, 0.2) is 0 Å². The predicted molar refractivity (Wildman–Crippen MR) is 58.6 cm³/mol. The number of carbonyl (C=O) groups excluding carboxylic acids is 2. The first-order valence-corrected chi connectivity index (χ1v) is 5.64. The smallest absolute Gasteiger partial charge is 0.315 e. The summed E-state index contributed by atoms with van der Waals surface area (Å²) < 4.78 is 4.85. The Morgan fingerprint density at radius 1 is 1.14 bits per heavy atom. The summed E-state index contributed by atoms with van der Waals surface area (Å²) in [6, 6.07) is 0. The third-order valence-corrected chi connectivity index (χ3v) is 2.12. The number of esters is 1. The lowest BCUT2D eigenvalue weighted by Crippen LogP contribution is -2.06. The highest BCUT2D eigenvalue weighted by atomic mass is 32.1. The van der Waals surface area contributed by atoms with E-state index in [9.17, 15) is 9.59 Å². The van der Waals surface area contributed by atoms with E-state index >= 15 is 0 Å². The normalized spacial score (nSPS) is 9.79. The van der Waals surface area contributed by atoms with Gasteiger partial charge in [0.25, 0.3) is 0 Å². The maximum absolute atomic E-state index is 10.6. The van der Waals surface area contributed by atoms with Gasteiger partial charge in [0.05, 0.1) is 12.4 Å². The van der Waals surface area contributed by atoms with Crippen molar-refractivity contribution in [1.29, 1.82) is 0 Å². The molecule has 0 aliphatic carbocycles. The molecule has 0 aromatic rings. The van der Waals surface area contributed by atoms with Crippen molar-refractivity contribution in [2.75, 3.05) is 12.4 Å². The molecule has 0 N–H and O–H groups in total. The van der Waals surface area contributed by atoms with E-state index < -0.39 is 0 Å². The van der Waals surface area contributed by atoms with E-state index in [1.165, 1.54) is 0 Å². The molecule has 14 heavy (non-hydrogen) atoms. The summed E-state index contributed by atoms with van der Waals surface area (Å²) >= 11 is 3.79. The summed E-state index contributed by atoms with van der Waals surface area (Å²) in [6.07, 6.45) is 6.73. The molecule has 0 aliphatic rings. The summed E-state index contributed by atoms with van der Waals surface area (Å²) in [5, 5.41) is 0. The molecule has 0 aromatic carbocycles. The Balaban J connectivity index is 2.98. The first kappa shape index (κ1) is 13.5. The quantitative estimate of drug-likeness (QED) is 0.278. The van der Waals surface area contributed by atoms with Crippen LogP contribution in [0.3, 0.4) is 0 Å². The van der Waals surface area contributed by atoms with E-state index in [-0.39, 0.29) is 11.7 Å². The van der Waals surface area contributed by atoms with Crippen LogP contribution in [0.15, 0.2) is 0 Å². The van der Waals surface area contributed by atoms with Crippen LogP contribution < -0.4 is 0 Å². The fourth-order valence-electron chi connectivity index (χ4n) is 1.09. The monoisotopic (exact) mass is 218 g/mol. The molecule has 0 amide bonds. The van der Waals surface area contributed by atoms with Crippen molar-refractivity contribution in [3.63, 3.8) is 0 Å². The maximum atomic E-state index is 10.6. The van der Waals surface area contributed by atoms with E-state index in [4.69, 9.17) is 4.74 Å². The summed E-state index contributed by atoms with van der Waals surface area (Å²) in [5.74, 6) is -0.103. The predicted octanol–water partition coefficient (Wildman–Crippen LogP) is 2.00. The highest BCUT2D eigenvalue weighted by molar-refractivity contribution is 7.81. The lowest BCUT2D eigenvalue weighted by molar-refractivity contribution is -0.140. The van der Waals surface area contributed by atoms with Crippen molar-refractivity contribution >= 4 is 24.9 Å². The molecule has 82 valence electrons. The highest BCUT2D eigenvalue weighted by Crippen LogP contribution is 2.04. The molecule has 0 bridgehead atoms. The summed E-state index contributed by atoms with van der Waals surface area (Å²) in [7, 11) is 0. The Morgan fingerprint density at radius 2 is 1.79 bits per heavy atom. The van der Waals surface area contributed by atoms with Crippen molar-refractivity contribution in [2.45, 2.75) is 38.5 Å². The van der Waals surface area contributed by atoms with Crippen molar-refractivity contribution in [2.24, 2.45) is 0 Å². The van der Waals surface area contributed by atoms with Crippen LogP contribution in [0.4, 0.5) is 0 Å². The van der Waals surface area contributed by atoms with Crippen LogP contribution in [-0.2, 0) is 14.3 Å². The van der Waals surface area contributed by atoms with Crippen LogP contribution in [0, 0.1) is 0 Å². The average molecular weight is 218 g/mol. The van der Waals surface area contributed by atoms with E-state index in [0.29, 0.717) is 13.0 Å². The second-order valence-electron chi connectivity index (χ2n) is 3.10. The van der Waals surface area contributed by atoms with Gasteiger partial charge in [0.2, 0.25) is 0 Å². The number of carbonyl (C=O) groups is 2. The van der Waals surface area contributed by atoms with Crippen molar-refractivity contribution in [3.05, 3.63) is 0 Å². The van der Waals surface area contributed by atoms with Crippen molar-refractivity contribution in [1.82, 2.24) is 0 Å². The van der Waals surface area contributed by atoms with Gasteiger partial charge in [-0.15, -0.1) is 0 Å². The Bertz CT molecular complexity index is 159. The summed E-state index contributed by atoms with van der Waals surface area (Å²) in [4.78, 5) is 20.6. The Morgan fingerprint density at radius 3 is 2.43 bits per heavy atom. The summed E-state index contributed by atoms with van der Waals surface area (Å²) in [5.41, 5.74) is 0. The number of thiol groups is 1. The molecule has 0 fully saturated rings. The molecule has 0 saturated heterocycles. The van der Waals surface area contributed by atoms with Gasteiger partial charge in [-0.3, -0.25) is 4.79 Å². The van der Waals surface area contributed by atoms with Crippen LogP contribution in [0.1, 0.15) is 38.5 Å². The third kappa shape index (κ3) is 9.58. The lowest BCUT2D eigenvalue weighted by atomic mass is 10.1. The Kier molecular flexibility index (Phi) is 10.2. The number of hydrogen-bond donors (Lipinski definition) is 1. The van der Waals surface area contributed by atoms with Gasteiger partial charge in [0, 0.05) is 6.42 Å². The molecular formula is C10H18O3S. The molecule has 0 rings (SSSR count). The van der Waals surface area contributed by atoms with E-state index in [1.807, 2.05) is 0 Å². The van der Waals surface area contributed by atoms with Crippen molar-refractivity contribution < 1.29 is 14.3 Å². The SMILES string of the molecule is O=CCCCCCCCOC(=O)CS. The molecule has 4 heteroatoms. The van der Waals surface area contributed by atoms with Crippen LogP contribution in [0.5, 0.6) is 0 Å². The van der Waals surface area contributed by atoms with Crippen LogP contribution in [-0.4, -0.2) is 24.6 Å². The van der Waals surface area contributed by atoms with E-state index in [2.05, 4.69) is 12.6 Å². The topological polar surface area (TPSA) is 43.4 Å². The third-order valence-electron chi connectivity index (χ3n) is 1.86. The van der Waals surface area contributed by atoms with Gasteiger partial charge in [-0.25, -0.2) is 0 Å². The highest BCUT2D eigenvalue weighted by Gasteiger charge is 1.97. The van der Waals surface area contributed by atoms with Crippen LogP contribution in [0.25, 0.3) is 0 Å². The molecule has 0 saturated carbocycles. The van der Waals surface area contributed by atoms with E-state index in [1.54, 1.807) is 0 Å². The molecule has 0 radical (unpaired) electrons. The van der Waals surface area contributed by atoms with Gasteiger partial charge < -0.3 is 9.53 Å². The zero-order valence-electron chi connectivity index (χ0n) is 8.41. The maximum Gasteiger partial charge on any atom is 0.315 e. The van der Waals surface area contributed by atoms with Gasteiger partial charge in [-0.2, -0.15) is 12.6 Å². The van der Waals surface area contributed by atoms with Crippen LogP contribution in [0.2, 0.25) is 0 Å². The van der Waals surface area contributed by atoms with Gasteiger partial charge >= 0.3 is 5.97 Å². The minimum absolute atomic E-state index is 0.152. The lowest BCUT2D eigenvalue weighted by Gasteiger charge is -2.02. The average Bonchev–Trinajstić information content (AvgIpc) is 2.21. The summed E-state index contributed by atoms with van der Waals surface area (Å²) in [6.45, 7) is 0.493. The molecule has 0 unspecified atom stereocenters. The largest absolute Gasteiger partial charge is 0.465 e. The minimum atomic E-state index is -0.255. The second-order valence-corrected chi connectivity index (χ2v) is 3.42. The molecule has 0 heterocycles. The molecular weight excluding hydrogens is 200 g/mol. The molecule has 3 nitrogen and oxygen atoms in total. The van der Waals surface area contributed by atoms with E-state index in [0.717, 1.165) is 38.4 Å². The molecule has 0 atom stereocenters.